The summed E-state index contributed by atoms with van der Waals surface area (Å²) >= 11 is 1.24. The number of nitrogens with zero attached hydrogens (tertiary/aromatic N) is 2. The van der Waals surface area contributed by atoms with Crippen molar-refractivity contribution in [3.8, 4) is 21.9 Å². The molecule has 4 aromatic rings. The molecule has 0 spiro atoms. The topological polar surface area (TPSA) is 91.7 Å². The van der Waals surface area contributed by atoms with Gasteiger partial charge in [0.25, 0.3) is 5.91 Å². The molecule has 0 aliphatic carbocycles. The number of thiophene rings is 1. The van der Waals surface area contributed by atoms with Crippen LogP contribution in [0.3, 0.4) is 0 Å². The average molecular weight is 492 g/mol. The fourth-order valence-corrected chi connectivity index (χ4v) is 4.50. The van der Waals surface area contributed by atoms with Crippen LogP contribution in [0.4, 0.5) is 5.69 Å². The Morgan fingerprint density at radius 3 is 2.46 bits per heavy atom. The molecule has 35 heavy (non-hydrogen) atoms. The van der Waals surface area contributed by atoms with Crippen LogP contribution < -0.4 is 14.8 Å². The highest BCUT2D eigenvalue weighted by Gasteiger charge is 2.21. The van der Waals surface area contributed by atoms with Crippen molar-refractivity contribution >= 4 is 28.9 Å². The number of carbonyl (C=O) groups is 2. The molecule has 0 fully saturated rings. The Hall–Kier alpha value is -4.11. The van der Waals surface area contributed by atoms with Gasteiger partial charge in [0.1, 0.15) is 4.88 Å². The first-order chi connectivity index (χ1) is 17.0. The molecular formula is C26H25N3O5S. The Morgan fingerprint density at radius 1 is 1.03 bits per heavy atom. The Balaban J connectivity index is 1.59. The van der Waals surface area contributed by atoms with E-state index in [1.807, 2.05) is 41.2 Å². The zero-order valence-electron chi connectivity index (χ0n) is 19.6. The van der Waals surface area contributed by atoms with Crippen LogP contribution in [-0.4, -0.2) is 42.5 Å². The highest BCUT2D eigenvalue weighted by atomic mass is 32.1. The number of hydrogen-bond acceptors (Lipinski definition) is 7. The van der Waals surface area contributed by atoms with Crippen LogP contribution in [0.15, 0.2) is 67.0 Å². The number of methoxy groups -OCH3 is 2. The lowest BCUT2D eigenvalue weighted by Gasteiger charge is -2.08. The first-order valence-electron chi connectivity index (χ1n) is 10.9. The molecule has 0 saturated carbocycles. The molecule has 1 N–H and O–H groups in total. The van der Waals surface area contributed by atoms with E-state index in [1.54, 1.807) is 51.6 Å². The molecule has 0 unspecified atom stereocenters. The zero-order valence-corrected chi connectivity index (χ0v) is 20.4. The largest absolute Gasteiger partial charge is 0.493 e. The van der Waals surface area contributed by atoms with Gasteiger partial charge in [0.2, 0.25) is 0 Å². The summed E-state index contributed by atoms with van der Waals surface area (Å²) in [5.74, 6) is 0.353. The van der Waals surface area contributed by atoms with E-state index in [0.29, 0.717) is 34.2 Å². The van der Waals surface area contributed by atoms with Gasteiger partial charge in [0.15, 0.2) is 11.5 Å². The van der Waals surface area contributed by atoms with E-state index in [0.717, 1.165) is 16.0 Å². The van der Waals surface area contributed by atoms with E-state index in [4.69, 9.17) is 14.2 Å². The summed E-state index contributed by atoms with van der Waals surface area (Å²) in [5, 5.41) is 7.06. The van der Waals surface area contributed by atoms with Crippen LogP contribution in [0.1, 0.15) is 32.5 Å². The molecule has 8 nitrogen and oxygen atoms in total. The number of aromatic nitrogens is 2. The lowest BCUT2D eigenvalue weighted by atomic mass is 10.1. The second-order valence-electron chi connectivity index (χ2n) is 7.50. The fourth-order valence-electron chi connectivity index (χ4n) is 3.50. The van der Waals surface area contributed by atoms with Gasteiger partial charge in [0, 0.05) is 22.8 Å². The predicted octanol–water partition coefficient (Wildman–Crippen LogP) is 5.11. The van der Waals surface area contributed by atoms with Gasteiger partial charge in [0.05, 0.1) is 33.1 Å². The third kappa shape index (κ3) is 5.52. The lowest BCUT2D eigenvalue weighted by Crippen LogP contribution is -2.14. The molecule has 4 rings (SSSR count). The number of carbonyl (C=O) groups excluding carboxylic acids is 2. The maximum absolute atomic E-state index is 13.0. The Kier molecular flexibility index (Phi) is 7.47. The van der Waals surface area contributed by atoms with Crippen LogP contribution in [0.25, 0.3) is 10.4 Å². The Labute approximate surface area is 207 Å². The van der Waals surface area contributed by atoms with Crippen molar-refractivity contribution in [2.24, 2.45) is 0 Å². The van der Waals surface area contributed by atoms with Gasteiger partial charge < -0.3 is 19.5 Å². The van der Waals surface area contributed by atoms with Crippen LogP contribution in [-0.2, 0) is 11.3 Å². The van der Waals surface area contributed by atoms with E-state index in [-0.39, 0.29) is 12.5 Å². The second-order valence-corrected chi connectivity index (χ2v) is 8.55. The van der Waals surface area contributed by atoms with Gasteiger partial charge in [-0.25, -0.2) is 4.79 Å². The molecule has 0 atom stereocenters. The van der Waals surface area contributed by atoms with Crippen LogP contribution >= 0.6 is 11.3 Å². The number of nitrogens with one attached hydrogen (secondary N) is 1. The summed E-state index contributed by atoms with van der Waals surface area (Å²) in [6, 6.07) is 16.4. The van der Waals surface area contributed by atoms with Crippen molar-refractivity contribution in [1.82, 2.24) is 9.78 Å². The highest BCUT2D eigenvalue weighted by Crippen LogP contribution is 2.39. The third-order valence-electron chi connectivity index (χ3n) is 5.23. The summed E-state index contributed by atoms with van der Waals surface area (Å²) < 4.78 is 17.7. The highest BCUT2D eigenvalue weighted by molar-refractivity contribution is 7.18. The van der Waals surface area contributed by atoms with E-state index in [2.05, 4.69) is 10.4 Å². The van der Waals surface area contributed by atoms with Gasteiger partial charge in [-0.2, -0.15) is 5.10 Å². The molecule has 2 aromatic carbocycles. The quantitative estimate of drug-likeness (QED) is 0.327. The maximum atomic E-state index is 13.0. The van der Waals surface area contributed by atoms with Gasteiger partial charge in [-0.3, -0.25) is 9.48 Å². The fraction of sp³-hybridized carbons (Fsp3) is 0.192. The van der Waals surface area contributed by atoms with E-state index < -0.39 is 5.97 Å². The van der Waals surface area contributed by atoms with Crippen LogP contribution in [0.2, 0.25) is 0 Å². The molecule has 180 valence electrons. The molecule has 0 aliphatic rings. The van der Waals surface area contributed by atoms with E-state index >= 15 is 0 Å². The number of ether oxygens (including phenoxy) is 3. The summed E-state index contributed by atoms with van der Waals surface area (Å²) in [5.41, 5.74) is 2.71. The van der Waals surface area contributed by atoms with Crippen molar-refractivity contribution < 1.29 is 23.8 Å². The molecule has 9 heteroatoms. The van der Waals surface area contributed by atoms with Gasteiger partial charge >= 0.3 is 5.97 Å². The Bertz CT molecular complexity index is 1310. The van der Waals surface area contributed by atoms with Crippen molar-refractivity contribution in [1.29, 1.82) is 0 Å². The lowest BCUT2D eigenvalue weighted by molar-refractivity contribution is 0.0533. The minimum Gasteiger partial charge on any atom is -0.493 e. The third-order valence-corrected chi connectivity index (χ3v) is 6.39. The van der Waals surface area contributed by atoms with Crippen molar-refractivity contribution in [3.05, 3.63) is 83.0 Å². The maximum Gasteiger partial charge on any atom is 0.350 e. The van der Waals surface area contributed by atoms with Crippen LogP contribution in [0.5, 0.6) is 11.5 Å². The predicted molar refractivity (Wildman–Crippen MR) is 135 cm³/mol. The van der Waals surface area contributed by atoms with Gasteiger partial charge in [-0.1, -0.05) is 12.1 Å². The number of esters is 1. The molecule has 0 radical (unpaired) electrons. The summed E-state index contributed by atoms with van der Waals surface area (Å²) in [6.07, 6.45) is 3.60. The van der Waals surface area contributed by atoms with E-state index in [9.17, 15) is 9.59 Å². The monoisotopic (exact) mass is 491 g/mol. The average Bonchev–Trinajstić information content (AvgIpc) is 3.54. The molecule has 1 amide bonds. The van der Waals surface area contributed by atoms with Crippen molar-refractivity contribution in [3.63, 3.8) is 0 Å². The molecular weight excluding hydrogens is 466 g/mol. The van der Waals surface area contributed by atoms with Crippen LogP contribution in [0, 0.1) is 0 Å². The number of benzene rings is 2. The first-order valence-corrected chi connectivity index (χ1v) is 11.7. The van der Waals surface area contributed by atoms with Gasteiger partial charge in [-0.05, 0) is 60.5 Å². The van der Waals surface area contributed by atoms with Crippen molar-refractivity contribution in [2.75, 3.05) is 26.1 Å². The molecule has 0 bridgehead atoms. The number of amides is 1. The number of hydrogen-bond donors (Lipinski definition) is 1. The summed E-state index contributed by atoms with van der Waals surface area (Å²) in [4.78, 5) is 26.7. The van der Waals surface area contributed by atoms with Crippen molar-refractivity contribution in [2.45, 2.75) is 13.5 Å². The van der Waals surface area contributed by atoms with E-state index in [1.165, 1.54) is 11.3 Å². The second kappa shape index (κ2) is 10.9. The minimum absolute atomic E-state index is 0.230. The molecule has 0 aliphatic heterocycles. The first kappa shape index (κ1) is 24.0. The summed E-state index contributed by atoms with van der Waals surface area (Å²) in [6.45, 7) is 2.58. The number of rotatable bonds is 9. The standard InChI is InChI=1S/C26H25N3O5S/c1-4-34-26(31)24-20(15-23(35-24)19-10-11-21(32-2)22(14-19)33-3)28-25(30)18-8-6-17(7-9-18)16-29-13-5-12-27-29/h5-15H,4,16H2,1-3H3,(H,28,30). The normalized spacial score (nSPS) is 10.6. The molecule has 2 aromatic heterocycles. The minimum atomic E-state index is -0.492. The zero-order chi connectivity index (χ0) is 24.8. The molecule has 2 heterocycles. The molecule has 0 saturated heterocycles. The Morgan fingerprint density at radius 2 is 1.80 bits per heavy atom. The number of anilines is 1. The van der Waals surface area contributed by atoms with Gasteiger partial charge in [-0.15, -0.1) is 11.3 Å². The SMILES string of the molecule is CCOC(=O)c1sc(-c2ccc(OC)c(OC)c2)cc1NC(=O)c1ccc(Cn2cccn2)cc1. The smallest absolute Gasteiger partial charge is 0.350 e. The summed E-state index contributed by atoms with van der Waals surface area (Å²) in [7, 11) is 3.13.